The van der Waals surface area contributed by atoms with Crippen LogP contribution in [0.4, 0.5) is 30.2 Å². The highest BCUT2D eigenvalue weighted by Crippen LogP contribution is 2.37. The third-order valence-corrected chi connectivity index (χ3v) is 6.73. The molecule has 4 heterocycles. The molecule has 9 nitrogen and oxygen atoms in total. The lowest BCUT2D eigenvalue weighted by Crippen LogP contribution is -2.31. The van der Waals surface area contributed by atoms with Gasteiger partial charge in [-0.2, -0.15) is 9.65 Å². The van der Waals surface area contributed by atoms with Crippen LogP contribution in [0.2, 0.25) is 5.02 Å². The zero-order valence-electron chi connectivity index (χ0n) is 20.4. The van der Waals surface area contributed by atoms with E-state index in [2.05, 4.69) is 37.0 Å². The average molecular weight is 563 g/mol. The van der Waals surface area contributed by atoms with Gasteiger partial charge < -0.3 is 15.4 Å². The molecule has 200 valence electrons. The fourth-order valence-electron chi connectivity index (χ4n) is 4.32. The summed E-state index contributed by atoms with van der Waals surface area (Å²) in [4.78, 5) is 7.71. The number of benzene rings is 2. The van der Waals surface area contributed by atoms with Crippen LogP contribution in [0.5, 0.6) is 0 Å². The van der Waals surface area contributed by atoms with Crippen LogP contribution in [-0.4, -0.2) is 38.2 Å². The van der Waals surface area contributed by atoms with Gasteiger partial charge in [0.2, 0.25) is 5.95 Å². The van der Waals surface area contributed by atoms with E-state index >= 15 is 0 Å². The number of nitrogens with one attached hydrogen (secondary N) is 2. The number of nitriles is 1. The number of pyridine rings is 2. The predicted octanol–water partition coefficient (Wildman–Crippen LogP) is 5.68. The zero-order chi connectivity index (χ0) is 27.8. The fourth-order valence-corrected chi connectivity index (χ4v) is 4.59. The quantitative estimate of drug-likeness (QED) is 0.244. The minimum atomic E-state index is -1.24. The van der Waals surface area contributed by atoms with Crippen molar-refractivity contribution >= 4 is 39.6 Å². The van der Waals surface area contributed by atoms with Crippen LogP contribution < -0.4 is 10.6 Å². The van der Waals surface area contributed by atoms with Gasteiger partial charge in [0, 0.05) is 23.3 Å². The maximum absolute atomic E-state index is 13.8. The van der Waals surface area contributed by atoms with Gasteiger partial charge in [0.1, 0.15) is 23.6 Å². The second kappa shape index (κ2) is 10.4. The molecule has 0 aliphatic carbocycles. The summed E-state index contributed by atoms with van der Waals surface area (Å²) in [5, 5.41) is 25.4. The third-order valence-electron chi connectivity index (χ3n) is 6.44. The van der Waals surface area contributed by atoms with Crippen LogP contribution in [0.25, 0.3) is 10.9 Å². The van der Waals surface area contributed by atoms with Gasteiger partial charge in [-0.15, -0.1) is 5.10 Å². The maximum atomic E-state index is 13.8. The van der Waals surface area contributed by atoms with Gasteiger partial charge in [-0.25, -0.2) is 18.4 Å². The number of hydrogen-bond acceptors (Lipinski definition) is 8. The molecule has 1 atom stereocenters. The second-order valence-electron chi connectivity index (χ2n) is 9.08. The van der Waals surface area contributed by atoms with E-state index in [1.807, 2.05) is 0 Å². The topological polar surface area (TPSA) is 114 Å². The average Bonchev–Trinajstić information content (AvgIpc) is 3.38. The summed E-state index contributed by atoms with van der Waals surface area (Å²) in [5.74, 6) is -2.77. The summed E-state index contributed by atoms with van der Waals surface area (Å²) in [6, 6.07) is 11.9. The Morgan fingerprint density at radius 3 is 2.55 bits per heavy atom. The highest BCUT2D eigenvalue weighted by atomic mass is 35.5. The van der Waals surface area contributed by atoms with E-state index in [-0.39, 0.29) is 33.8 Å². The molecule has 13 heteroatoms. The van der Waals surface area contributed by atoms with Gasteiger partial charge in [0.05, 0.1) is 59.1 Å². The molecule has 40 heavy (non-hydrogen) atoms. The lowest BCUT2D eigenvalue weighted by molar-refractivity contribution is -0.0293. The number of fused-ring (bicyclic) bond motifs is 1. The summed E-state index contributed by atoms with van der Waals surface area (Å²) >= 11 is 6.62. The van der Waals surface area contributed by atoms with Gasteiger partial charge in [-0.3, -0.25) is 4.98 Å². The molecule has 1 aliphatic heterocycles. The number of aromatic nitrogens is 5. The Morgan fingerprint density at radius 2 is 1.85 bits per heavy atom. The van der Waals surface area contributed by atoms with Crippen molar-refractivity contribution in [3.63, 3.8) is 0 Å². The molecular formula is C27H18ClF3N8O. The van der Waals surface area contributed by atoms with Crippen LogP contribution >= 0.6 is 11.6 Å². The Kier molecular flexibility index (Phi) is 6.67. The number of halogens is 4. The molecule has 6 rings (SSSR count). The van der Waals surface area contributed by atoms with Crippen LogP contribution in [0.15, 0.2) is 61.1 Å². The second-order valence-corrected chi connectivity index (χ2v) is 9.49. The number of nitrogens with zero attached hydrogens (tertiary/aromatic N) is 6. The summed E-state index contributed by atoms with van der Waals surface area (Å²) in [5.41, 5.74) is 2.73. The van der Waals surface area contributed by atoms with E-state index in [1.165, 1.54) is 18.3 Å². The van der Waals surface area contributed by atoms with Crippen molar-refractivity contribution < 1.29 is 17.9 Å². The molecule has 2 aromatic carbocycles. The normalized spacial score (nSPS) is 14.0. The summed E-state index contributed by atoms with van der Waals surface area (Å²) in [6.07, 6.45) is 4.24. The van der Waals surface area contributed by atoms with Crippen LogP contribution in [0.3, 0.4) is 0 Å². The number of anilines is 3. The molecule has 1 unspecified atom stereocenters. The zero-order valence-corrected chi connectivity index (χ0v) is 21.2. The van der Waals surface area contributed by atoms with Crippen LogP contribution in [-0.2, 0) is 4.74 Å². The molecule has 2 N–H and O–H groups in total. The first-order valence-electron chi connectivity index (χ1n) is 12.0. The lowest BCUT2D eigenvalue weighted by Gasteiger charge is -2.25. The number of rotatable bonds is 7. The van der Waals surface area contributed by atoms with Gasteiger partial charge in [0.15, 0.2) is 5.82 Å². The van der Waals surface area contributed by atoms with E-state index in [9.17, 15) is 18.4 Å². The van der Waals surface area contributed by atoms with Crippen molar-refractivity contribution in [1.29, 1.82) is 5.26 Å². The first kappa shape index (κ1) is 25.5. The minimum Gasteiger partial charge on any atom is -0.377 e. The predicted molar refractivity (Wildman–Crippen MR) is 141 cm³/mol. The summed E-state index contributed by atoms with van der Waals surface area (Å²) in [7, 11) is 0. The lowest BCUT2D eigenvalue weighted by atomic mass is 10.0. The highest BCUT2D eigenvalue weighted by Gasteiger charge is 2.25. The van der Waals surface area contributed by atoms with Crippen molar-refractivity contribution in [2.75, 3.05) is 23.8 Å². The molecule has 0 saturated carbocycles. The molecule has 1 aliphatic rings. The number of ether oxygens (including phenoxy) is 1. The fraction of sp³-hybridized carbons (Fsp3) is 0.148. The standard InChI is InChI=1S/C27H18ClF3N8O/c28-21-6-17(5-20-24(15(8-32)9-33-26(20)21)36-18-7-22(30)27(31)34-10-18)35-25(14-1-3-16(29)4-2-14)23-11-39(38-37-23)19-12-40-13-19/h1-7,9-11,19,25,35H,12-13H2,(H,33,36). The van der Waals surface area contributed by atoms with E-state index in [4.69, 9.17) is 16.3 Å². The molecule has 0 amide bonds. The first-order chi connectivity index (χ1) is 19.4. The molecular weight excluding hydrogens is 545 g/mol. The molecule has 3 aromatic heterocycles. The van der Waals surface area contributed by atoms with Crippen molar-refractivity contribution in [3.05, 3.63) is 100 Å². The van der Waals surface area contributed by atoms with Crippen LogP contribution in [0.1, 0.15) is 28.9 Å². The van der Waals surface area contributed by atoms with Crippen molar-refractivity contribution in [2.45, 2.75) is 12.1 Å². The van der Waals surface area contributed by atoms with E-state index in [0.29, 0.717) is 41.1 Å². The largest absolute Gasteiger partial charge is 0.377 e. The van der Waals surface area contributed by atoms with Crippen molar-refractivity contribution in [2.24, 2.45) is 0 Å². The van der Waals surface area contributed by atoms with E-state index in [1.54, 1.807) is 35.1 Å². The summed E-state index contributed by atoms with van der Waals surface area (Å²) < 4.78 is 48.0. The Balaban J connectivity index is 1.43. The van der Waals surface area contributed by atoms with Gasteiger partial charge in [0.25, 0.3) is 0 Å². The van der Waals surface area contributed by atoms with E-state index < -0.39 is 17.8 Å². The Labute approximate surface area is 230 Å². The molecule has 0 spiro atoms. The van der Waals surface area contributed by atoms with Gasteiger partial charge >= 0.3 is 0 Å². The molecule has 0 radical (unpaired) electrons. The molecule has 5 aromatic rings. The highest BCUT2D eigenvalue weighted by molar-refractivity contribution is 6.36. The SMILES string of the molecule is N#Cc1cnc2c(Cl)cc(NC(c3ccc(F)cc3)c3cn(C4COC4)nn3)cc2c1Nc1cnc(F)c(F)c1. The minimum absolute atomic E-state index is 0.0835. The first-order valence-corrected chi connectivity index (χ1v) is 12.4. The monoisotopic (exact) mass is 562 g/mol. The third kappa shape index (κ3) is 4.88. The number of hydrogen-bond donors (Lipinski definition) is 2. The molecule has 0 bridgehead atoms. The van der Waals surface area contributed by atoms with Gasteiger partial charge in [-0.1, -0.05) is 28.9 Å². The smallest absolute Gasteiger partial charge is 0.249 e. The van der Waals surface area contributed by atoms with E-state index in [0.717, 1.165) is 12.3 Å². The maximum Gasteiger partial charge on any atom is 0.249 e. The summed E-state index contributed by atoms with van der Waals surface area (Å²) in [6.45, 7) is 1.07. The Hall–Kier alpha value is -4.73. The van der Waals surface area contributed by atoms with Crippen molar-refractivity contribution in [3.8, 4) is 6.07 Å². The van der Waals surface area contributed by atoms with Crippen molar-refractivity contribution in [1.82, 2.24) is 25.0 Å². The molecule has 1 fully saturated rings. The molecule has 1 saturated heterocycles. The van der Waals surface area contributed by atoms with Gasteiger partial charge in [-0.05, 0) is 29.8 Å². The Morgan fingerprint density at radius 1 is 1.05 bits per heavy atom. The van der Waals surface area contributed by atoms with Crippen LogP contribution in [0, 0.1) is 28.9 Å². The Bertz CT molecular complexity index is 1770.